The highest BCUT2D eigenvalue weighted by atomic mass is 16.5. The summed E-state index contributed by atoms with van der Waals surface area (Å²) in [5, 5.41) is 0. The van der Waals surface area contributed by atoms with E-state index in [1.807, 2.05) is 31.2 Å². The Bertz CT molecular complexity index is 874. The SMILES string of the molecule is COc1cc(N=C2[NH+]=CN=C(c3ccc(C)cc3)C2=O)cc(OC)c1. The van der Waals surface area contributed by atoms with Crippen molar-refractivity contribution in [2.45, 2.75) is 6.92 Å². The van der Waals surface area contributed by atoms with Gasteiger partial charge in [-0.25, -0.2) is 4.99 Å². The van der Waals surface area contributed by atoms with Crippen LogP contribution in [0.5, 0.6) is 11.5 Å². The zero-order valence-electron chi connectivity index (χ0n) is 14.2. The maximum Gasteiger partial charge on any atom is 0.312 e. The molecule has 2 aromatic rings. The molecule has 0 saturated carbocycles. The molecular formula is C19H18N3O3+. The van der Waals surface area contributed by atoms with Gasteiger partial charge in [0.1, 0.15) is 17.2 Å². The number of ether oxygens (including phenoxy) is 2. The van der Waals surface area contributed by atoms with Crippen LogP contribution in [0.3, 0.4) is 0 Å². The molecule has 0 atom stereocenters. The second-order valence-corrected chi connectivity index (χ2v) is 5.48. The lowest BCUT2D eigenvalue weighted by molar-refractivity contribution is -0.309. The van der Waals surface area contributed by atoms with Crippen LogP contribution in [0.25, 0.3) is 0 Å². The van der Waals surface area contributed by atoms with Crippen molar-refractivity contribution in [3.05, 3.63) is 53.6 Å². The molecule has 0 amide bonds. The van der Waals surface area contributed by atoms with Gasteiger partial charge in [-0.15, -0.1) is 4.99 Å². The molecule has 0 unspecified atom stereocenters. The van der Waals surface area contributed by atoms with Crippen molar-refractivity contribution < 1.29 is 19.3 Å². The van der Waals surface area contributed by atoms with E-state index in [0.29, 0.717) is 22.9 Å². The Kier molecular flexibility index (Phi) is 4.70. The van der Waals surface area contributed by atoms with Crippen LogP contribution < -0.4 is 14.5 Å². The summed E-state index contributed by atoms with van der Waals surface area (Å²) in [5.74, 6) is 1.12. The average Bonchev–Trinajstić information content (AvgIpc) is 2.64. The number of hydrogen-bond acceptors (Lipinski definition) is 5. The molecule has 0 spiro atoms. The van der Waals surface area contributed by atoms with Crippen LogP contribution in [0.4, 0.5) is 5.69 Å². The van der Waals surface area contributed by atoms with Gasteiger partial charge in [-0.05, 0) is 6.92 Å². The van der Waals surface area contributed by atoms with Gasteiger partial charge < -0.3 is 9.47 Å². The Morgan fingerprint density at radius 2 is 1.64 bits per heavy atom. The summed E-state index contributed by atoms with van der Waals surface area (Å²) in [6.45, 7) is 1.99. The molecule has 0 aromatic heterocycles. The quantitative estimate of drug-likeness (QED) is 0.912. The number of aliphatic imine (C=N–C) groups is 2. The van der Waals surface area contributed by atoms with Gasteiger partial charge in [0.15, 0.2) is 5.71 Å². The van der Waals surface area contributed by atoms with Crippen molar-refractivity contribution in [2.24, 2.45) is 9.98 Å². The number of carbonyl (C=O) groups is 1. The van der Waals surface area contributed by atoms with Gasteiger partial charge in [-0.3, -0.25) is 4.79 Å². The molecule has 0 fully saturated rings. The van der Waals surface area contributed by atoms with Crippen LogP contribution in [0.15, 0.2) is 52.4 Å². The number of rotatable bonds is 4. The van der Waals surface area contributed by atoms with Crippen LogP contribution in [0.2, 0.25) is 0 Å². The van der Waals surface area contributed by atoms with E-state index in [4.69, 9.17) is 9.47 Å². The maximum atomic E-state index is 12.7. The largest absolute Gasteiger partial charge is 0.496 e. The fraction of sp³-hybridized carbons (Fsp3) is 0.158. The molecule has 6 heteroatoms. The lowest BCUT2D eigenvalue weighted by Crippen LogP contribution is -2.78. The molecular weight excluding hydrogens is 318 g/mol. The molecule has 0 radical (unpaired) electrons. The van der Waals surface area contributed by atoms with E-state index >= 15 is 0 Å². The monoisotopic (exact) mass is 336 g/mol. The molecule has 25 heavy (non-hydrogen) atoms. The smallest absolute Gasteiger partial charge is 0.312 e. The standard InChI is InChI=1S/C19H17N3O3/c1-12-4-6-13(7-5-12)17-18(23)19(21-11-20-17)22-14-8-15(24-2)10-16(9-14)25-3/h4-11H,1-3H3/p+1. The van der Waals surface area contributed by atoms with E-state index in [1.165, 1.54) is 6.34 Å². The minimum atomic E-state index is -0.270. The first-order chi connectivity index (χ1) is 12.1. The number of ketones is 1. The third-order valence-electron chi connectivity index (χ3n) is 3.73. The molecule has 3 rings (SSSR count). The predicted octanol–water partition coefficient (Wildman–Crippen LogP) is 1.22. The highest BCUT2D eigenvalue weighted by Gasteiger charge is 2.28. The summed E-state index contributed by atoms with van der Waals surface area (Å²) in [6.07, 6.45) is 1.47. The molecule has 1 aliphatic heterocycles. The summed E-state index contributed by atoms with van der Waals surface area (Å²) in [5.41, 5.74) is 2.77. The van der Waals surface area contributed by atoms with Gasteiger partial charge in [0.05, 0.1) is 14.2 Å². The summed E-state index contributed by atoms with van der Waals surface area (Å²) < 4.78 is 10.5. The molecule has 1 heterocycles. The molecule has 6 nitrogen and oxygen atoms in total. The molecule has 1 aliphatic rings. The molecule has 0 aliphatic carbocycles. The van der Waals surface area contributed by atoms with Gasteiger partial charge in [0.2, 0.25) is 6.34 Å². The second kappa shape index (κ2) is 7.09. The highest BCUT2D eigenvalue weighted by molar-refractivity contribution is 6.68. The number of aryl methyl sites for hydroxylation is 1. The minimum absolute atomic E-state index is 0.195. The Labute approximate surface area is 145 Å². The number of hydrogen-bond donors (Lipinski definition) is 1. The Balaban J connectivity index is 1.95. The number of amidine groups is 1. The number of nitrogens with zero attached hydrogens (tertiary/aromatic N) is 2. The van der Waals surface area contributed by atoms with Crippen molar-refractivity contribution >= 4 is 29.4 Å². The summed E-state index contributed by atoms with van der Waals surface area (Å²) in [4.78, 5) is 24.1. The fourth-order valence-corrected chi connectivity index (χ4v) is 2.38. The van der Waals surface area contributed by atoms with E-state index in [0.717, 1.165) is 11.1 Å². The van der Waals surface area contributed by atoms with Crippen molar-refractivity contribution in [3.8, 4) is 11.5 Å². The van der Waals surface area contributed by atoms with E-state index < -0.39 is 0 Å². The number of carbonyl (C=O) groups excluding carboxylic acids is 1. The van der Waals surface area contributed by atoms with Crippen molar-refractivity contribution in [1.29, 1.82) is 0 Å². The topological polar surface area (TPSA) is 74.2 Å². The van der Waals surface area contributed by atoms with E-state index in [2.05, 4.69) is 15.0 Å². The van der Waals surface area contributed by atoms with Gasteiger partial charge in [0.25, 0.3) is 5.78 Å². The zero-order valence-corrected chi connectivity index (χ0v) is 14.2. The van der Waals surface area contributed by atoms with Crippen LogP contribution in [0, 0.1) is 6.92 Å². The van der Waals surface area contributed by atoms with Gasteiger partial charge in [-0.1, -0.05) is 34.8 Å². The van der Waals surface area contributed by atoms with Crippen LogP contribution >= 0.6 is 0 Å². The number of benzene rings is 2. The predicted molar refractivity (Wildman–Crippen MR) is 96.4 cm³/mol. The number of Topliss-reactive ketones (excluding diaryl/α,β-unsaturated/α-hetero) is 1. The molecule has 0 saturated heterocycles. The number of methoxy groups -OCH3 is 2. The van der Waals surface area contributed by atoms with Gasteiger partial charge >= 0.3 is 5.84 Å². The first-order valence-corrected chi connectivity index (χ1v) is 7.70. The third kappa shape index (κ3) is 3.63. The molecule has 0 bridgehead atoms. The highest BCUT2D eigenvalue weighted by Crippen LogP contribution is 2.27. The second-order valence-electron chi connectivity index (χ2n) is 5.48. The van der Waals surface area contributed by atoms with Gasteiger partial charge in [-0.2, -0.15) is 0 Å². The van der Waals surface area contributed by atoms with E-state index in [-0.39, 0.29) is 11.6 Å². The van der Waals surface area contributed by atoms with Crippen molar-refractivity contribution in [2.75, 3.05) is 14.2 Å². The minimum Gasteiger partial charge on any atom is -0.496 e. The Hall–Kier alpha value is -3.28. The molecule has 1 N–H and O–H groups in total. The summed E-state index contributed by atoms with van der Waals surface area (Å²) in [7, 11) is 3.12. The normalized spacial score (nSPS) is 15.2. The van der Waals surface area contributed by atoms with Crippen LogP contribution in [0.1, 0.15) is 11.1 Å². The summed E-state index contributed by atoms with van der Waals surface area (Å²) in [6, 6.07) is 12.8. The lowest BCUT2D eigenvalue weighted by atomic mass is 10.0. The molecule has 2 aromatic carbocycles. The Morgan fingerprint density at radius 1 is 1.00 bits per heavy atom. The number of nitrogens with one attached hydrogen (secondary N) is 1. The van der Waals surface area contributed by atoms with Gasteiger partial charge in [0, 0.05) is 23.8 Å². The fourth-order valence-electron chi connectivity index (χ4n) is 2.38. The summed E-state index contributed by atoms with van der Waals surface area (Å²) >= 11 is 0. The van der Waals surface area contributed by atoms with Crippen molar-refractivity contribution in [1.82, 2.24) is 0 Å². The molecule has 126 valence electrons. The maximum absolute atomic E-state index is 12.7. The lowest BCUT2D eigenvalue weighted by Gasteiger charge is -2.05. The first-order valence-electron chi connectivity index (χ1n) is 7.70. The van der Waals surface area contributed by atoms with Crippen LogP contribution in [-0.2, 0) is 4.79 Å². The van der Waals surface area contributed by atoms with E-state index in [1.54, 1.807) is 32.4 Å². The first kappa shape index (κ1) is 16.6. The third-order valence-corrected chi connectivity index (χ3v) is 3.73. The van der Waals surface area contributed by atoms with E-state index in [9.17, 15) is 4.79 Å². The van der Waals surface area contributed by atoms with Crippen molar-refractivity contribution in [3.63, 3.8) is 0 Å². The zero-order chi connectivity index (χ0) is 17.8. The Morgan fingerprint density at radius 3 is 2.24 bits per heavy atom. The average molecular weight is 336 g/mol. The van der Waals surface area contributed by atoms with Crippen LogP contribution in [-0.4, -0.2) is 37.9 Å².